The van der Waals surface area contributed by atoms with Crippen LogP contribution in [0.4, 0.5) is 0 Å². The molecular weight excluding hydrogens is 252 g/mol. The first-order valence-corrected chi connectivity index (χ1v) is 6.85. The Morgan fingerprint density at radius 2 is 1.55 bits per heavy atom. The Morgan fingerprint density at radius 1 is 0.900 bits per heavy atom. The zero-order valence-electron chi connectivity index (χ0n) is 11.7. The van der Waals surface area contributed by atoms with Gasteiger partial charge in [0, 0.05) is 12.0 Å². The number of aliphatic hydroxyl groups is 1. The summed E-state index contributed by atoms with van der Waals surface area (Å²) in [6.07, 6.45) is 0.273. The van der Waals surface area contributed by atoms with Gasteiger partial charge in [-0.3, -0.25) is 0 Å². The molecule has 20 heavy (non-hydrogen) atoms. The molecule has 3 nitrogen and oxygen atoms in total. The number of hydrogen-bond acceptors (Lipinski definition) is 3. The molecule has 0 radical (unpaired) electrons. The summed E-state index contributed by atoms with van der Waals surface area (Å²) in [4.78, 5) is 0. The molecule has 0 aliphatic rings. The Kier molecular flexibility index (Phi) is 5.44. The zero-order chi connectivity index (χ0) is 14.2. The van der Waals surface area contributed by atoms with E-state index in [-0.39, 0.29) is 0 Å². The molecule has 0 saturated carbocycles. The fraction of sp³-hybridized carbons (Fsp3) is 0.294. The lowest BCUT2D eigenvalue weighted by molar-refractivity contribution is 0.188. The van der Waals surface area contributed by atoms with Crippen LogP contribution < -0.4 is 9.47 Å². The van der Waals surface area contributed by atoms with Gasteiger partial charge in [-0.15, -0.1) is 0 Å². The summed E-state index contributed by atoms with van der Waals surface area (Å²) >= 11 is 0. The molecule has 0 aromatic heterocycles. The van der Waals surface area contributed by atoms with E-state index in [2.05, 4.69) is 0 Å². The van der Waals surface area contributed by atoms with Gasteiger partial charge in [0.2, 0.25) is 0 Å². The van der Waals surface area contributed by atoms with Crippen molar-refractivity contribution in [3.05, 3.63) is 60.2 Å². The molecule has 0 saturated heterocycles. The highest BCUT2D eigenvalue weighted by molar-refractivity contribution is 5.34. The molecule has 106 valence electrons. The Labute approximate surface area is 119 Å². The molecule has 0 aliphatic heterocycles. The highest BCUT2D eigenvalue weighted by atomic mass is 16.5. The normalized spacial score (nSPS) is 11.9. The minimum Gasteiger partial charge on any atom is -0.493 e. The molecule has 0 spiro atoms. The highest BCUT2D eigenvalue weighted by Crippen LogP contribution is 2.24. The fourth-order valence-electron chi connectivity index (χ4n) is 1.90. The summed E-state index contributed by atoms with van der Waals surface area (Å²) in [6, 6.07) is 17.3. The maximum Gasteiger partial charge on any atom is 0.125 e. The number of hydrogen-bond donors (Lipinski definition) is 1. The largest absolute Gasteiger partial charge is 0.493 e. The molecule has 1 N–H and O–H groups in total. The van der Waals surface area contributed by atoms with E-state index in [1.807, 2.05) is 54.6 Å². The third-order valence-electron chi connectivity index (χ3n) is 2.93. The monoisotopic (exact) mass is 272 g/mol. The fourth-order valence-corrected chi connectivity index (χ4v) is 1.90. The lowest BCUT2D eigenvalue weighted by atomic mass is 10.1. The van der Waals surface area contributed by atoms with E-state index in [0.717, 1.165) is 23.5 Å². The van der Waals surface area contributed by atoms with Gasteiger partial charge in [0.05, 0.1) is 19.3 Å². The van der Waals surface area contributed by atoms with E-state index in [9.17, 15) is 5.11 Å². The number of benzene rings is 2. The van der Waals surface area contributed by atoms with Crippen molar-refractivity contribution >= 4 is 0 Å². The SMILES string of the molecule is C[C@H](O)c1ccccc1OCCCOc1ccccc1. The average Bonchev–Trinajstić information content (AvgIpc) is 2.48. The minimum atomic E-state index is -0.522. The summed E-state index contributed by atoms with van der Waals surface area (Å²) in [5.74, 6) is 1.61. The standard InChI is InChI=1S/C17H20O3/c1-14(18)16-10-5-6-11-17(16)20-13-7-12-19-15-8-3-2-4-9-15/h2-6,8-11,14,18H,7,12-13H2,1H3/t14-/m0/s1. The first-order chi connectivity index (χ1) is 9.77. The maximum absolute atomic E-state index is 9.65. The van der Waals surface area contributed by atoms with Crippen LogP contribution in [-0.4, -0.2) is 18.3 Å². The average molecular weight is 272 g/mol. The smallest absolute Gasteiger partial charge is 0.125 e. The van der Waals surface area contributed by atoms with Crippen LogP contribution in [0.5, 0.6) is 11.5 Å². The molecule has 2 rings (SSSR count). The van der Waals surface area contributed by atoms with E-state index in [0.29, 0.717) is 13.2 Å². The molecule has 3 heteroatoms. The number of rotatable bonds is 7. The van der Waals surface area contributed by atoms with Gasteiger partial charge >= 0.3 is 0 Å². The van der Waals surface area contributed by atoms with E-state index in [1.165, 1.54) is 0 Å². The van der Waals surface area contributed by atoms with Gasteiger partial charge in [-0.1, -0.05) is 36.4 Å². The van der Waals surface area contributed by atoms with Gasteiger partial charge in [-0.25, -0.2) is 0 Å². The maximum atomic E-state index is 9.65. The predicted octanol–water partition coefficient (Wildman–Crippen LogP) is 3.59. The van der Waals surface area contributed by atoms with E-state index >= 15 is 0 Å². The molecule has 0 amide bonds. The van der Waals surface area contributed by atoms with Crippen molar-refractivity contribution in [2.24, 2.45) is 0 Å². The Bertz CT molecular complexity index is 509. The van der Waals surface area contributed by atoms with Gasteiger partial charge in [0.25, 0.3) is 0 Å². The molecular formula is C17H20O3. The van der Waals surface area contributed by atoms with Crippen LogP contribution in [0.1, 0.15) is 25.0 Å². The predicted molar refractivity (Wildman–Crippen MR) is 79.1 cm³/mol. The van der Waals surface area contributed by atoms with Crippen molar-refractivity contribution in [2.75, 3.05) is 13.2 Å². The molecule has 0 aliphatic carbocycles. The van der Waals surface area contributed by atoms with Crippen molar-refractivity contribution in [3.8, 4) is 11.5 Å². The number of aliphatic hydroxyl groups excluding tert-OH is 1. The molecule has 0 fully saturated rings. The molecule has 1 atom stereocenters. The third kappa shape index (κ3) is 4.28. The minimum absolute atomic E-state index is 0.522. The van der Waals surface area contributed by atoms with Crippen LogP contribution in [0, 0.1) is 0 Å². The first-order valence-electron chi connectivity index (χ1n) is 6.85. The lowest BCUT2D eigenvalue weighted by Crippen LogP contribution is -2.06. The van der Waals surface area contributed by atoms with E-state index in [1.54, 1.807) is 6.92 Å². The summed E-state index contributed by atoms with van der Waals surface area (Å²) in [5.41, 5.74) is 0.816. The summed E-state index contributed by atoms with van der Waals surface area (Å²) in [6.45, 7) is 2.91. The van der Waals surface area contributed by atoms with Crippen molar-refractivity contribution in [1.29, 1.82) is 0 Å². The summed E-state index contributed by atoms with van der Waals surface area (Å²) in [5, 5.41) is 9.65. The van der Waals surface area contributed by atoms with E-state index in [4.69, 9.17) is 9.47 Å². The van der Waals surface area contributed by atoms with Gasteiger partial charge < -0.3 is 14.6 Å². The second-order valence-corrected chi connectivity index (χ2v) is 4.58. The topological polar surface area (TPSA) is 38.7 Å². The van der Waals surface area contributed by atoms with Gasteiger partial charge in [0.15, 0.2) is 0 Å². The molecule has 2 aromatic rings. The summed E-state index contributed by atoms with van der Waals surface area (Å²) in [7, 11) is 0. The van der Waals surface area contributed by atoms with Crippen LogP contribution >= 0.6 is 0 Å². The third-order valence-corrected chi connectivity index (χ3v) is 2.93. The van der Waals surface area contributed by atoms with E-state index < -0.39 is 6.10 Å². The summed E-state index contributed by atoms with van der Waals surface area (Å²) < 4.78 is 11.3. The van der Waals surface area contributed by atoms with Crippen LogP contribution in [0.2, 0.25) is 0 Å². The quantitative estimate of drug-likeness (QED) is 0.783. The zero-order valence-corrected chi connectivity index (χ0v) is 11.7. The van der Waals surface area contributed by atoms with Crippen molar-refractivity contribution < 1.29 is 14.6 Å². The molecule has 2 aromatic carbocycles. The molecule has 0 unspecified atom stereocenters. The first kappa shape index (κ1) is 14.4. The number of ether oxygens (including phenoxy) is 2. The van der Waals surface area contributed by atoms with Gasteiger partial charge in [0.1, 0.15) is 11.5 Å². The number of para-hydroxylation sites is 2. The second kappa shape index (κ2) is 7.56. The van der Waals surface area contributed by atoms with Crippen molar-refractivity contribution in [2.45, 2.75) is 19.4 Å². The lowest BCUT2D eigenvalue weighted by Gasteiger charge is -2.13. The van der Waals surface area contributed by atoms with Crippen LogP contribution in [0.3, 0.4) is 0 Å². The Morgan fingerprint density at radius 3 is 2.30 bits per heavy atom. The van der Waals surface area contributed by atoms with Crippen LogP contribution in [0.15, 0.2) is 54.6 Å². The van der Waals surface area contributed by atoms with Crippen LogP contribution in [0.25, 0.3) is 0 Å². The van der Waals surface area contributed by atoms with Crippen molar-refractivity contribution in [1.82, 2.24) is 0 Å². The molecule has 0 heterocycles. The van der Waals surface area contributed by atoms with Gasteiger partial charge in [-0.05, 0) is 25.1 Å². The Hall–Kier alpha value is -2.00. The van der Waals surface area contributed by atoms with Crippen LogP contribution in [-0.2, 0) is 0 Å². The highest BCUT2D eigenvalue weighted by Gasteiger charge is 2.07. The Balaban J connectivity index is 1.74. The van der Waals surface area contributed by atoms with Crippen molar-refractivity contribution in [3.63, 3.8) is 0 Å². The molecule has 0 bridgehead atoms. The van der Waals surface area contributed by atoms with Gasteiger partial charge in [-0.2, -0.15) is 0 Å². The second-order valence-electron chi connectivity index (χ2n) is 4.58.